The molecule has 0 aliphatic heterocycles. The van der Waals surface area contributed by atoms with E-state index in [2.05, 4.69) is 0 Å². The van der Waals surface area contributed by atoms with Gasteiger partial charge in [0.05, 0.1) is 23.1 Å². The Kier molecular flexibility index (Phi) is 5.29. The maximum atomic E-state index is 11.4. The molecule has 0 amide bonds. The highest BCUT2D eigenvalue weighted by Gasteiger charge is 2.15. The molecule has 0 unspecified atom stereocenters. The van der Waals surface area contributed by atoms with E-state index in [0.717, 1.165) is 0 Å². The number of carbonyl (C=O) groups is 1. The van der Waals surface area contributed by atoms with Crippen LogP contribution in [0.3, 0.4) is 0 Å². The number of hydrogen-bond acceptors (Lipinski definition) is 3. The van der Waals surface area contributed by atoms with E-state index in [0.29, 0.717) is 15.8 Å². The molecule has 0 saturated heterocycles. The van der Waals surface area contributed by atoms with E-state index in [9.17, 15) is 4.79 Å². The molecule has 0 heterocycles. The fourth-order valence-electron chi connectivity index (χ4n) is 1.21. The number of rotatable bonds is 4. The van der Waals surface area contributed by atoms with Gasteiger partial charge in [-0.25, -0.2) is 0 Å². The fourth-order valence-corrected chi connectivity index (χ4v) is 1.50. The van der Waals surface area contributed by atoms with Crippen molar-refractivity contribution in [1.29, 1.82) is 0 Å². The highest BCUT2D eigenvalue weighted by Crippen LogP contribution is 2.26. The van der Waals surface area contributed by atoms with Crippen LogP contribution in [0.25, 0.3) is 0 Å². The van der Waals surface area contributed by atoms with Crippen molar-refractivity contribution in [3.05, 3.63) is 28.2 Å². The first kappa shape index (κ1) is 15.1. The summed E-state index contributed by atoms with van der Waals surface area (Å²) in [5, 5.41) is 0.891. The van der Waals surface area contributed by atoms with Gasteiger partial charge in [0.15, 0.2) is 0 Å². The first-order valence-electron chi connectivity index (χ1n) is 5.57. The Hall–Kier alpha value is -0.930. The number of benzene rings is 1. The van der Waals surface area contributed by atoms with Crippen LogP contribution in [-0.2, 0) is 9.53 Å². The molecule has 0 atom stereocenters. The number of carbonyl (C=O) groups excluding carboxylic acids is 1. The predicted molar refractivity (Wildman–Crippen MR) is 72.4 cm³/mol. The van der Waals surface area contributed by atoms with Crippen molar-refractivity contribution in [2.24, 2.45) is 0 Å². The fraction of sp³-hybridized carbons (Fsp3) is 0.462. The average Bonchev–Trinajstić information content (AvgIpc) is 2.20. The van der Waals surface area contributed by atoms with Crippen LogP contribution in [-0.4, -0.2) is 18.2 Å². The van der Waals surface area contributed by atoms with Crippen molar-refractivity contribution in [3.63, 3.8) is 0 Å². The Morgan fingerprint density at radius 2 is 1.89 bits per heavy atom. The summed E-state index contributed by atoms with van der Waals surface area (Å²) in [5.74, 6) is 0.288. The lowest BCUT2D eigenvalue weighted by Gasteiger charge is -2.19. The molecule has 0 radical (unpaired) electrons. The second-order valence-corrected chi connectivity index (χ2v) is 5.58. The van der Waals surface area contributed by atoms with Gasteiger partial charge in [0.1, 0.15) is 11.4 Å². The van der Waals surface area contributed by atoms with Crippen LogP contribution in [0.15, 0.2) is 18.2 Å². The summed E-state index contributed by atoms with van der Waals surface area (Å²) in [6.07, 6.45) is 0.192. The van der Waals surface area contributed by atoms with Gasteiger partial charge in [-0.2, -0.15) is 0 Å². The van der Waals surface area contributed by atoms with Gasteiger partial charge in [-0.05, 0) is 32.9 Å². The van der Waals surface area contributed by atoms with Gasteiger partial charge in [-0.1, -0.05) is 23.2 Å². The zero-order chi connectivity index (χ0) is 13.8. The molecular weight excluding hydrogens is 275 g/mol. The largest absolute Gasteiger partial charge is 0.493 e. The molecule has 0 saturated carbocycles. The molecule has 0 aromatic heterocycles. The Morgan fingerprint density at radius 1 is 1.22 bits per heavy atom. The molecule has 0 spiro atoms. The van der Waals surface area contributed by atoms with Crippen molar-refractivity contribution in [1.82, 2.24) is 0 Å². The third kappa shape index (κ3) is 5.61. The monoisotopic (exact) mass is 290 g/mol. The van der Waals surface area contributed by atoms with Gasteiger partial charge in [0, 0.05) is 6.07 Å². The lowest BCUT2D eigenvalue weighted by Crippen LogP contribution is -2.24. The maximum absolute atomic E-state index is 11.4. The highest BCUT2D eigenvalue weighted by molar-refractivity contribution is 6.42. The summed E-state index contributed by atoms with van der Waals surface area (Å²) >= 11 is 11.6. The van der Waals surface area contributed by atoms with Gasteiger partial charge in [-0.3, -0.25) is 4.79 Å². The summed E-state index contributed by atoms with van der Waals surface area (Å²) in [4.78, 5) is 11.4. The lowest BCUT2D eigenvalue weighted by atomic mass is 10.2. The average molecular weight is 291 g/mol. The normalized spacial score (nSPS) is 11.2. The Bertz CT molecular complexity index is 425. The van der Waals surface area contributed by atoms with Crippen molar-refractivity contribution >= 4 is 29.2 Å². The highest BCUT2D eigenvalue weighted by atomic mass is 35.5. The number of hydrogen-bond donors (Lipinski definition) is 0. The van der Waals surface area contributed by atoms with Crippen LogP contribution < -0.4 is 4.74 Å². The second-order valence-electron chi connectivity index (χ2n) is 4.76. The van der Waals surface area contributed by atoms with E-state index >= 15 is 0 Å². The molecule has 1 aromatic rings. The van der Waals surface area contributed by atoms with Crippen LogP contribution in [0.4, 0.5) is 0 Å². The van der Waals surface area contributed by atoms with Crippen molar-refractivity contribution < 1.29 is 14.3 Å². The first-order chi connectivity index (χ1) is 8.28. The number of halogens is 2. The minimum absolute atomic E-state index is 0.192. The molecule has 1 aromatic carbocycles. The van der Waals surface area contributed by atoms with Gasteiger partial charge < -0.3 is 9.47 Å². The molecular formula is C13H16Cl2O3. The summed E-state index contributed by atoms with van der Waals surface area (Å²) in [7, 11) is 0. The van der Waals surface area contributed by atoms with Crippen LogP contribution >= 0.6 is 23.2 Å². The van der Waals surface area contributed by atoms with Crippen LogP contribution in [0, 0.1) is 0 Å². The van der Waals surface area contributed by atoms with Crippen molar-refractivity contribution in [2.75, 3.05) is 6.61 Å². The first-order valence-corrected chi connectivity index (χ1v) is 6.33. The molecule has 0 aliphatic rings. The number of ether oxygens (including phenoxy) is 2. The van der Waals surface area contributed by atoms with Crippen LogP contribution in [0.5, 0.6) is 5.75 Å². The molecule has 0 N–H and O–H groups in total. The smallest absolute Gasteiger partial charge is 0.309 e. The number of esters is 1. The van der Waals surface area contributed by atoms with E-state index in [1.54, 1.807) is 18.2 Å². The third-order valence-electron chi connectivity index (χ3n) is 1.89. The summed E-state index contributed by atoms with van der Waals surface area (Å²) < 4.78 is 10.5. The van der Waals surface area contributed by atoms with E-state index in [1.165, 1.54) is 0 Å². The van der Waals surface area contributed by atoms with Crippen LogP contribution in [0.2, 0.25) is 10.0 Å². The minimum Gasteiger partial charge on any atom is -0.493 e. The van der Waals surface area contributed by atoms with Crippen molar-refractivity contribution in [2.45, 2.75) is 32.8 Å². The molecule has 0 bridgehead atoms. The molecule has 1 rings (SSSR count). The quantitative estimate of drug-likeness (QED) is 0.783. The predicted octanol–water partition coefficient (Wildman–Crippen LogP) is 4.10. The zero-order valence-electron chi connectivity index (χ0n) is 10.6. The Morgan fingerprint density at radius 3 is 2.44 bits per heavy atom. The third-order valence-corrected chi connectivity index (χ3v) is 2.63. The van der Waals surface area contributed by atoms with Crippen LogP contribution in [0.1, 0.15) is 27.2 Å². The maximum Gasteiger partial charge on any atom is 0.309 e. The van der Waals surface area contributed by atoms with E-state index in [-0.39, 0.29) is 19.0 Å². The lowest BCUT2D eigenvalue weighted by molar-refractivity contribution is -0.155. The van der Waals surface area contributed by atoms with Gasteiger partial charge in [0.2, 0.25) is 0 Å². The molecule has 5 heteroatoms. The van der Waals surface area contributed by atoms with E-state index in [4.69, 9.17) is 32.7 Å². The molecule has 18 heavy (non-hydrogen) atoms. The Balaban J connectivity index is 2.38. The summed E-state index contributed by atoms with van der Waals surface area (Å²) in [5.41, 5.74) is -0.472. The van der Waals surface area contributed by atoms with E-state index in [1.807, 2.05) is 20.8 Å². The molecule has 100 valence electrons. The van der Waals surface area contributed by atoms with Gasteiger partial charge >= 0.3 is 5.97 Å². The summed E-state index contributed by atoms with van der Waals surface area (Å²) in [6.45, 7) is 5.72. The SMILES string of the molecule is CC(C)(C)OC(=O)CCOc1ccc(Cl)c(Cl)c1. The summed E-state index contributed by atoms with van der Waals surface area (Å²) in [6, 6.07) is 4.95. The molecule has 0 fully saturated rings. The topological polar surface area (TPSA) is 35.5 Å². The molecule has 3 nitrogen and oxygen atoms in total. The minimum atomic E-state index is -0.472. The standard InChI is InChI=1S/C13H16Cl2O3/c1-13(2,3)18-12(16)6-7-17-9-4-5-10(14)11(15)8-9/h4-5,8H,6-7H2,1-3H3. The van der Waals surface area contributed by atoms with Gasteiger partial charge in [0.25, 0.3) is 0 Å². The zero-order valence-corrected chi connectivity index (χ0v) is 12.1. The molecule has 0 aliphatic carbocycles. The van der Waals surface area contributed by atoms with E-state index < -0.39 is 5.60 Å². The Labute approximate surface area is 117 Å². The second kappa shape index (κ2) is 6.30. The van der Waals surface area contributed by atoms with Gasteiger partial charge in [-0.15, -0.1) is 0 Å². The van der Waals surface area contributed by atoms with Crippen molar-refractivity contribution in [3.8, 4) is 5.75 Å².